The van der Waals surface area contributed by atoms with Gasteiger partial charge in [0.2, 0.25) is 5.91 Å². The number of piperidine rings is 2. The zero-order valence-corrected chi connectivity index (χ0v) is 22.8. The molecular formula is C32H38N6O. The maximum Gasteiger partial charge on any atom is 0.225 e. The molecule has 2 N–H and O–H groups in total. The molecule has 0 radical (unpaired) electrons. The van der Waals surface area contributed by atoms with Crippen LogP contribution >= 0.6 is 0 Å². The number of hydrogen-bond acceptors (Lipinski definition) is 5. The summed E-state index contributed by atoms with van der Waals surface area (Å²) in [5, 5.41) is 1.33. The SMILES string of the molecule is CCn1c(-c2ccccn2)c(C2CCN(C(=O)C3CCN(Cc4ccnc(N)c4)CC3)CC2)c2ccccc21. The van der Waals surface area contributed by atoms with Gasteiger partial charge in [-0.3, -0.25) is 14.7 Å². The van der Waals surface area contributed by atoms with E-state index in [1.807, 2.05) is 24.4 Å². The van der Waals surface area contributed by atoms with E-state index in [4.69, 9.17) is 10.7 Å². The smallest absolute Gasteiger partial charge is 0.225 e. The molecule has 7 nitrogen and oxygen atoms in total. The Balaban J connectivity index is 1.13. The van der Waals surface area contributed by atoms with Gasteiger partial charge in [0.25, 0.3) is 0 Å². The fourth-order valence-corrected chi connectivity index (χ4v) is 6.69. The van der Waals surface area contributed by atoms with Gasteiger partial charge in [0.1, 0.15) is 5.82 Å². The second-order valence-corrected chi connectivity index (χ2v) is 11.0. The second kappa shape index (κ2) is 11.2. The van der Waals surface area contributed by atoms with Gasteiger partial charge in [0.15, 0.2) is 0 Å². The molecule has 202 valence electrons. The van der Waals surface area contributed by atoms with Crippen molar-refractivity contribution in [1.82, 2.24) is 24.3 Å². The molecule has 2 aliphatic rings. The Kier molecular flexibility index (Phi) is 7.33. The Morgan fingerprint density at radius 2 is 1.69 bits per heavy atom. The molecule has 2 aliphatic heterocycles. The number of likely N-dealkylation sites (tertiary alicyclic amines) is 2. The largest absolute Gasteiger partial charge is 0.384 e. The molecule has 3 aromatic heterocycles. The number of nitrogens with two attached hydrogens (primary N) is 1. The highest BCUT2D eigenvalue weighted by Crippen LogP contribution is 2.42. The summed E-state index contributed by atoms with van der Waals surface area (Å²) >= 11 is 0. The number of para-hydroxylation sites is 1. The lowest BCUT2D eigenvalue weighted by Gasteiger charge is -2.37. The lowest BCUT2D eigenvalue weighted by atomic mass is 9.85. The minimum absolute atomic E-state index is 0.131. The zero-order chi connectivity index (χ0) is 26.8. The number of aromatic nitrogens is 3. The highest BCUT2D eigenvalue weighted by molar-refractivity contribution is 5.92. The predicted octanol–water partition coefficient (Wildman–Crippen LogP) is 5.32. The average molecular weight is 523 g/mol. The van der Waals surface area contributed by atoms with Gasteiger partial charge in [-0.2, -0.15) is 0 Å². The Hall–Kier alpha value is -3.71. The maximum absolute atomic E-state index is 13.5. The van der Waals surface area contributed by atoms with Crippen molar-refractivity contribution in [1.29, 1.82) is 0 Å². The molecule has 2 saturated heterocycles. The maximum atomic E-state index is 13.5. The van der Waals surface area contributed by atoms with E-state index in [2.05, 4.69) is 62.7 Å². The summed E-state index contributed by atoms with van der Waals surface area (Å²) in [7, 11) is 0. The predicted molar refractivity (Wildman–Crippen MR) is 156 cm³/mol. The van der Waals surface area contributed by atoms with Crippen molar-refractivity contribution in [3.05, 3.63) is 78.1 Å². The van der Waals surface area contributed by atoms with Crippen molar-refractivity contribution in [2.75, 3.05) is 31.9 Å². The van der Waals surface area contributed by atoms with Crippen LogP contribution in [0.5, 0.6) is 0 Å². The van der Waals surface area contributed by atoms with Crippen molar-refractivity contribution >= 4 is 22.6 Å². The average Bonchev–Trinajstić information content (AvgIpc) is 3.32. The number of anilines is 1. The van der Waals surface area contributed by atoms with Gasteiger partial charge in [-0.25, -0.2) is 4.98 Å². The summed E-state index contributed by atoms with van der Waals surface area (Å²) in [6, 6.07) is 18.9. The fraction of sp³-hybridized carbons (Fsp3) is 0.406. The first kappa shape index (κ1) is 25.6. The highest BCUT2D eigenvalue weighted by atomic mass is 16.2. The zero-order valence-electron chi connectivity index (χ0n) is 22.8. The third-order valence-corrected chi connectivity index (χ3v) is 8.64. The van der Waals surface area contributed by atoms with Gasteiger partial charge >= 0.3 is 0 Å². The van der Waals surface area contributed by atoms with Gasteiger partial charge in [0, 0.05) is 55.4 Å². The van der Waals surface area contributed by atoms with E-state index >= 15 is 0 Å². The highest BCUT2D eigenvalue weighted by Gasteiger charge is 2.33. The van der Waals surface area contributed by atoms with Crippen LogP contribution in [0.15, 0.2) is 67.0 Å². The monoisotopic (exact) mass is 522 g/mol. The summed E-state index contributed by atoms with van der Waals surface area (Å²) in [6.45, 7) is 7.51. The Morgan fingerprint density at radius 3 is 2.41 bits per heavy atom. The summed E-state index contributed by atoms with van der Waals surface area (Å²) in [5.41, 5.74) is 12.0. The number of nitrogen functional groups attached to an aromatic ring is 1. The van der Waals surface area contributed by atoms with Crippen LogP contribution in [0.2, 0.25) is 0 Å². The van der Waals surface area contributed by atoms with Crippen molar-refractivity contribution in [2.45, 2.75) is 51.6 Å². The molecule has 2 fully saturated rings. The number of aryl methyl sites for hydroxylation is 1. The van der Waals surface area contributed by atoms with Crippen molar-refractivity contribution in [2.24, 2.45) is 5.92 Å². The topological polar surface area (TPSA) is 80.3 Å². The number of fused-ring (bicyclic) bond motifs is 1. The Bertz CT molecular complexity index is 1430. The molecule has 0 aliphatic carbocycles. The fourth-order valence-electron chi connectivity index (χ4n) is 6.69. The van der Waals surface area contributed by atoms with Gasteiger partial charge in [-0.05, 0) is 93.1 Å². The third kappa shape index (κ3) is 5.15. The lowest BCUT2D eigenvalue weighted by Crippen LogP contribution is -2.45. The van der Waals surface area contributed by atoms with E-state index in [-0.39, 0.29) is 5.92 Å². The minimum Gasteiger partial charge on any atom is -0.384 e. The van der Waals surface area contributed by atoms with Crippen LogP contribution in [0, 0.1) is 5.92 Å². The standard InChI is InChI=1S/C32H38N6O/c1-2-38-28-9-4-3-7-26(28)30(31(38)27-8-5-6-15-34-27)24-13-19-37(20-14-24)32(39)25-11-17-36(18-12-25)22-23-10-16-35-29(33)21-23/h3-10,15-16,21,24-25H,2,11-14,17-20,22H2,1H3,(H2,33,35). The molecular weight excluding hydrogens is 484 g/mol. The normalized spacial score (nSPS) is 17.6. The van der Waals surface area contributed by atoms with E-state index in [9.17, 15) is 4.79 Å². The summed E-state index contributed by atoms with van der Waals surface area (Å²) < 4.78 is 2.42. The number of amides is 1. The molecule has 4 aromatic rings. The molecule has 1 aromatic carbocycles. The van der Waals surface area contributed by atoms with Crippen molar-refractivity contribution < 1.29 is 4.79 Å². The van der Waals surface area contributed by atoms with E-state index in [1.54, 1.807) is 6.20 Å². The first-order valence-corrected chi connectivity index (χ1v) is 14.4. The molecule has 0 unspecified atom stereocenters. The summed E-state index contributed by atoms with van der Waals surface area (Å²) in [5.74, 6) is 1.46. The van der Waals surface area contributed by atoms with Crippen molar-refractivity contribution in [3.8, 4) is 11.4 Å². The number of pyridine rings is 2. The van der Waals surface area contributed by atoms with E-state index in [0.29, 0.717) is 17.6 Å². The minimum atomic E-state index is 0.131. The van der Waals surface area contributed by atoms with Crippen LogP contribution in [-0.4, -0.2) is 56.4 Å². The van der Waals surface area contributed by atoms with Gasteiger partial charge in [-0.1, -0.05) is 24.3 Å². The molecule has 0 bridgehead atoms. The third-order valence-electron chi connectivity index (χ3n) is 8.64. The van der Waals surface area contributed by atoms with E-state index < -0.39 is 0 Å². The summed E-state index contributed by atoms with van der Waals surface area (Å²) in [6.07, 6.45) is 7.48. The molecule has 5 heterocycles. The van der Waals surface area contributed by atoms with Gasteiger partial charge in [0.05, 0.1) is 11.4 Å². The van der Waals surface area contributed by atoms with Gasteiger partial charge in [-0.15, -0.1) is 0 Å². The Morgan fingerprint density at radius 1 is 0.923 bits per heavy atom. The first-order valence-electron chi connectivity index (χ1n) is 14.4. The van der Waals surface area contributed by atoms with Crippen LogP contribution in [0.1, 0.15) is 49.7 Å². The number of benzene rings is 1. The van der Waals surface area contributed by atoms with Crippen LogP contribution in [-0.2, 0) is 17.9 Å². The van der Waals surface area contributed by atoms with E-state index in [0.717, 1.165) is 70.6 Å². The molecule has 6 rings (SSSR count). The summed E-state index contributed by atoms with van der Waals surface area (Å²) in [4.78, 5) is 26.9. The van der Waals surface area contributed by atoms with Crippen LogP contribution < -0.4 is 5.73 Å². The van der Waals surface area contributed by atoms with Gasteiger partial charge < -0.3 is 15.2 Å². The molecule has 0 atom stereocenters. The molecule has 39 heavy (non-hydrogen) atoms. The van der Waals surface area contributed by atoms with Crippen LogP contribution in [0.3, 0.4) is 0 Å². The van der Waals surface area contributed by atoms with E-state index in [1.165, 1.54) is 27.7 Å². The lowest BCUT2D eigenvalue weighted by molar-refractivity contribution is -0.138. The van der Waals surface area contributed by atoms with Crippen LogP contribution in [0.4, 0.5) is 5.82 Å². The molecule has 0 saturated carbocycles. The number of nitrogens with zero attached hydrogens (tertiary/aromatic N) is 5. The number of rotatable bonds is 6. The first-order chi connectivity index (χ1) is 19.1. The second-order valence-electron chi connectivity index (χ2n) is 11.0. The quantitative estimate of drug-likeness (QED) is 0.371. The number of carbonyl (C=O) groups is 1. The van der Waals surface area contributed by atoms with Crippen molar-refractivity contribution in [3.63, 3.8) is 0 Å². The molecule has 7 heteroatoms. The Labute approximate surface area is 230 Å². The molecule has 1 amide bonds. The molecule has 0 spiro atoms. The van der Waals surface area contributed by atoms with Crippen LogP contribution in [0.25, 0.3) is 22.3 Å². The number of carbonyl (C=O) groups excluding carboxylic acids is 1. The number of hydrogen-bond donors (Lipinski definition) is 1.